The van der Waals surface area contributed by atoms with Gasteiger partial charge in [0.05, 0.1) is 7.11 Å². The number of nitrogens with zero attached hydrogens (tertiary/aromatic N) is 1. The topological polar surface area (TPSA) is 58.6 Å². The molecule has 0 heterocycles. The summed E-state index contributed by atoms with van der Waals surface area (Å²) in [5.41, 5.74) is 0. The van der Waals surface area contributed by atoms with Crippen LogP contribution in [-0.2, 0) is 9.53 Å². The standard InChI is InChI=1S/C12H24N2O3/c1-6-14(7-2)12(16)13-10(8-9(3)4)11(15)17-5/h9-10H,6-8H2,1-5H3,(H,13,16). The van der Waals surface area contributed by atoms with Crippen molar-refractivity contribution < 1.29 is 14.3 Å². The van der Waals surface area contributed by atoms with Gasteiger partial charge in [0.15, 0.2) is 0 Å². The molecule has 100 valence electrons. The van der Waals surface area contributed by atoms with E-state index < -0.39 is 6.04 Å². The fourth-order valence-corrected chi connectivity index (χ4v) is 1.58. The molecule has 5 nitrogen and oxygen atoms in total. The van der Waals surface area contributed by atoms with Crippen molar-refractivity contribution in [2.24, 2.45) is 5.92 Å². The first-order valence-corrected chi connectivity index (χ1v) is 6.09. The van der Waals surface area contributed by atoms with Crippen molar-refractivity contribution in [1.82, 2.24) is 10.2 Å². The van der Waals surface area contributed by atoms with Crippen LogP contribution in [0.25, 0.3) is 0 Å². The van der Waals surface area contributed by atoms with Crippen molar-refractivity contribution in [1.29, 1.82) is 0 Å². The summed E-state index contributed by atoms with van der Waals surface area (Å²) in [4.78, 5) is 25.0. The zero-order valence-electron chi connectivity index (χ0n) is 11.4. The molecule has 2 amide bonds. The Morgan fingerprint density at radius 3 is 2.12 bits per heavy atom. The van der Waals surface area contributed by atoms with E-state index in [0.29, 0.717) is 25.4 Å². The number of carbonyl (C=O) groups is 2. The van der Waals surface area contributed by atoms with E-state index >= 15 is 0 Å². The fourth-order valence-electron chi connectivity index (χ4n) is 1.58. The zero-order chi connectivity index (χ0) is 13.4. The molecule has 0 aliphatic carbocycles. The minimum Gasteiger partial charge on any atom is -0.467 e. The number of amides is 2. The summed E-state index contributed by atoms with van der Waals surface area (Å²) in [7, 11) is 1.33. The molecule has 0 rings (SSSR count). The van der Waals surface area contributed by atoms with Crippen LogP contribution >= 0.6 is 0 Å². The van der Waals surface area contributed by atoms with E-state index in [1.165, 1.54) is 7.11 Å². The normalized spacial score (nSPS) is 12.1. The second-order valence-corrected chi connectivity index (χ2v) is 4.33. The molecule has 0 aromatic heterocycles. The maximum Gasteiger partial charge on any atom is 0.328 e. The molecule has 0 spiro atoms. The lowest BCUT2D eigenvalue weighted by Crippen LogP contribution is -2.48. The van der Waals surface area contributed by atoms with Crippen molar-refractivity contribution in [3.05, 3.63) is 0 Å². The number of urea groups is 1. The summed E-state index contributed by atoms with van der Waals surface area (Å²) in [6.45, 7) is 9.05. The molecule has 0 aromatic carbocycles. The fraction of sp³-hybridized carbons (Fsp3) is 0.833. The van der Waals surface area contributed by atoms with Gasteiger partial charge in [0.2, 0.25) is 0 Å². The molecule has 0 aliphatic rings. The molecule has 17 heavy (non-hydrogen) atoms. The van der Waals surface area contributed by atoms with Crippen LogP contribution in [0.5, 0.6) is 0 Å². The molecule has 0 saturated carbocycles. The van der Waals surface area contributed by atoms with E-state index in [1.807, 2.05) is 27.7 Å². The van der Waals surface area contributed by atoms with E-state index in [1.54, 1.807) is 4.90 Å². The van der Waals surface area contributed by atoms with Crippen LogP contribution in [-0.4, -0.2) is 43.1 Å². The quantitative estimate of drug-likeness (QED) is 0.722. The Bertz CT molecular complexity index is 250. The molecule has 1 N–H and O–H groups in total. The molecule has 0 radical (unpaired) electrons. The van der Waals surface area contributed by atoms with Crippen LogP contribution in [0.2, 0.25) is 0 Å². The Labute approximate surface area is 103 Å². The van der Waals surface area contributed by atoms with Crippen molar-refractivity contribution >= 4 is 12.0 Å². The van der Waals surface area contributed by atoms with Crippen molar-refractivity contribution in [3.63, 3.8) is 0 Å². The number of esters is 1. The molecule has 0 aliphatic heterocycles. The molecule has 0 saturated heterocycles. The highest BCUT2D eigenvalue weighted by Crippen LogP contribution is 2.06. The maximum atomic E-state index is 11.8. The lowest BCUT2D eigenvalue weighted by Gasteiger charge is -2.24. The van der Waals surface area contributed by atoms with Crippen molar-refractivity contribution in [2.45, 2.75) is 40.2 Å². The van der Waals surface area contributed by atoms with Gasteiger partial charge < -0.3 is 15.0 Å². The van der Waals surface area contributed by atoms with Gasteiger partial charge in [-0.25, -0.2) is 9.59 Å². The lowest BCUT2D eigenvalue weighted by molar-refractivity contribution is -0.143. The van der Waals surface area contributed by atoms with Gasteiger partial charge in [0, 0.05) is 13.1 Å². The number of hydrogen-bond donors (Lipinski definition) is 1. The van der Waals surface area contributed by atoms with E-state index in [-0.39, 0.29) is 12.0 Å². The zero-order valence-corrected chi connectivity index (χ0v) is 11.4. The van der Waals surface area contributed by atoms with E-state index in [2.05, 4.69) is 10.1 Å². The molecular weight excluding hydrogens is 220 g/mol. The Morgan fingerprint density at radius 2 is 1.76 bits per heavy atom. The second-order valence-electron chi connectivity index (χ2n) is 4.33. The van der Waals surface area contributed by atoms with Gasteiger partial charge in [0.1, 0.15) is 6.04 Å². The summed E-state index contributed by atoms with van der Waals surface area (Å²) in [6, 6.07) is -0.779. The minimum absolute atomic E-state index is 0.217. The highest BCUT2D eigenvalue weighted by atomic mass is 16.5. The Kier molecular flexibility index (Phi) is 7.34. The number of methoxy groups -OCH3 is 1. The van der Waals surface area contributed by atoms with E-state index in [0.717, 1.165) is 0 Å². The van der Waals surface area contributed by atoms with Crippen LogP contribution < -0.4 is 5.32 Å². The van der Waals surface area contributed by atoms with Gasteiger partial charge in [-0.05, 0) is 26.2 Å². The molecule has 0 aromatic rings. The summed E-state index contributed by atoms with van der Waals surface area (Å²) in [5.74, 6) is -0.0738. The highest BCUT2D eigenvalue weighted by Gasteiger charge is 2.24. The summed E-state index contributed by atoms with van der Waals surface area (Å²) in [6.07, 6.45) is 0.583. The van der Waals surface area contributed by atoms with Crippen LogP contribution in [0.3, 0.4) is 0 Å². The van der Waals surface area contributed by atoms with Gasteiger partial charge in [-0.2, -0.15) is 0 Å². The monoisotopic (exact) mass is 244 g/mol. The molecule has 0 fully saturated rings. The highest BCUT2D eigenvalue weighted by molar-refractivity contribution is 5.83. The smallest absolute Gasteiger partial charge is 0.328 e. The number of carbonyl (C=O) groups excluding carboxylic acids is 2. The predicted octanol–water partition coefficient (Wildman–Crippen LogP) is 1.63. The molecule has 5 heteroatoms. The largest absolute Gasteiger partial charge is 0.467 e. The first-order chi connectivity index (χ1) is 7.96. The van der Waals surface area contributed by atoms with Crippen LogP contribution in [0.1, 0.15) is 34.1 Å². The average Bonchev–Trinajstić information content (AvgIpc) is 2.28. The number of ether oxygens (including phenoxy) is 1. The number of hydrogen-bond acceptors (Lipinski definition) is 3. The number of nitrogens with one attached hydrogen (secondary N) is 1. The van der Waals surface area contributed by atoms with Gasteiger partial charge in [0.25, 0.3) is 0 Å². The molecule has 0 bridgehead atoms. The summed E-state index contributed by atoms with van der Waals surface area (Å²) >= 11 is 0. The first-order valence-electron chi connectivity index (χ1n) is 6.09. The molecule has 1 atom stereocenters. The Morgan fingerprint density at radius 1 is 1.24 bits per heavy atom. The van der Waals surface area contributed by atoms with Gasteiger partial charge in [-0.15, -0.1) is 0 Å². The predicted molar refractivity (Wildman–Crippen MR) is 66.7 cm³/mol. The van der Waals surface area contributed by atoms with Crippen molar-refractivity contribution in [2.75, 3.05) is 20.2 Å². The van der Waals surface area contributed by atoms with Crippen molar-refractivity contribution in [3.8, 4) is 0 Å². The Balaban J connectivity index is 4.51. The molecule has 1 unspecified atom stereocenters. The SMILES string of the molecule is CCN(CC)C(=O)NC(CC(C)C)C(=O)OC. The second kappa shape index (κ2) is 7.92. The Hall–Kier alpha value is -1.26. The third-order valence-electron chi connectivity index (χ3n) is 2.54. The van der Waals surface area contributed by atoms with Crippen LogP contribution in [0.4, 0.5) is 4.79 Å². The maximum absolute atomic E-state index is 11.8. The average molecular weight is 244 g/mol. The van der Waals surface area contributed by atoms with Gasteiger partial charge in [-0.3, -0.25) is 0 Å². The minimum atomic E-state index is -0.562. The number of rotatable bonds is 6. The van der Waals surface area contributed by atoms with Gasteiger partial charge >= 0.3 is 12.0 Å². The lowest BCUT2D eigenvalue weighted by atomic mass is 10.0. The third-order valence-corrected chi connectivity index (χ3v) is 2.54. The van der Waals surface area contributed by atoms with Crippen LogP contribution in [0.15, 0.2) is 0 Å². The molecular formula is C12H24N2O3. The van der Waals surface area contributed by atoms with E-state index in [4.69, 9.17) is 0 Å². The third kappa shape index (κ3) is 5.56. The van der Waals surface area contributed by atoms with Gasteiger partial charge in [-0.1, -0.05) is 13.8 Å². The summed E-state index contributed by atoms with van der Waals surface area (Å²) in [5, 5.41) is 2.71. The first kappa shape index (κ1) is 15.7. The van der Waals surface area contributed by atoms with Crippen LogP contribution in [0, 0.1) is 5.92 Å². The summed E-state index contributed by atoms with van der Waals surface area (Å²) < 4.78 is 4.69. The van der Waals surface area contributed by atoms with E-state index in [9.17, 15) is 9.59 Å².